The van der Waals surface area contributed by atoms with E-state index >= 15 is 0 Å². The van der Waals surface area contributed by atoms with Crippen LogP contribution in [0.1, 0.15) is 17.5 Å². The third kappa shape index (κ3) is 6.38. The second-order valence-corrected chi connectivity index (χ2v) is 7.29. The number of hydrogen-bond donors (Lipinski definition) is 1. The van der Waals surface area contributed by atoms with Gasteiger partial charge in [0.05, 0.1) is 20.3 Å². The lowest BCUT2D eigenvalue weighted by molar-refractivity contribution is 0.0374. The van der Waals surface area contributed by atoms with E-state index in [1.807, 2.05) is 36.4 Å². The molecule has 0 radical (unpaired) electrons. The van der Waals surface area contributed by atoms with Crippen molar-refractivity contribution in [1.82, 2.24) is 10.2 Å². The highest BCUT2D eigenvalue weighted by molar-refractivity contribution is 6.30. The van der Waals surface area contributed by atoms with E-state index in [9.17, 15) is 0 Å². The summed E-state index contributed by atoms with van der Waals surface area (Å²) in [5.74, 6) is 1.41. The summed E-state index contributed by atoms with van der Waals surface area (Å²) in [6.45, 7) is 6.95. The fourth-order valence-corrected chi connectivity index (χ4v) is 3.51. The molecule has 0 amide bonds. The van der Waals surface area contributed by atoms with Gasteiger partial charge in [0.25, 0.3) is 0 Å². The summed E-state index contributed by atoms with van der Waals surface area (Å²) in [7, 11) is 1.64. The largest absolute Gasteiger partial charge is 0.493 e. The fraction of sp³-hybridized carbons (Fsp3) is 0.455. The molecule has 0 aliphatic carbocycles. The highest BCUT2D eigenvalue weighted by Gasteiger charge is 2.14. The molecule has 3 rings (SSSR count). The van der Waals surface area contributed by atoms with Gasteiger partial charge in [-0.15, -0.1) is 0 Å². The van der Waals surface area contributed by atoms with E-state index in [0.29, 0.717) is 23.9 Å². The maximum atomic E-state index is 6.28. The Labute approximate surface area is 172 Å². The molecule has 1 heterocycles. The first-order valence-electron chi connectivity index (χ1n) is 9.80. The number of rotatable bonds is 10. The number of halogens is 1. The lowest BCUT2D eigenvalue weighted by atomic mass is 10.1. The van der Waals surface area contributed by atoms with E-state index in [-0.39, 0.29) is 0 Å². The summed E-state index contributed by atoms with van der Waals surface area (Å²) in [6.07, 6.45) is 1.10. The van der Waals surface area contributed by atoms with Gasteiger partial charge in [-0.05, 0) is 31.1 Å². The standard InChI is InChI=1S/C22H29ClN2O3/c1-26-21-15-20(23)14-19(22(21)28-17-18-6-3-2-4-7-18)16-24-8-5-9-25-10-12-27-13-11-25/h2-4,6-7,14-15,24H,5,8-13,16-17H2,1H3. The third-order valence-electron chi connectivity index (χ3n) is 4.79. The molecule has 0 bridgehead atoms. The molecule has 6 heteroatoms. The molecule has 152 valence electrons. The maximum Gasteiger partial charge on any atom is 0.166 e. The maximum absolute atomic E-state index is 6.28. The molecule has 0 atom stereocenters. The molecule has 0 saturated carbocycles. The van der Waals surface area contributed by atoms with Crippen LogP contribution in [0.5, 0.6) is 11.5 Å². The Hall–Kier alpha value is -1.79. The van der Waals surface area contributed by atoms with Crippen molar-refractivity contribution in [3.8, 4) is 11.5 Å². The second-order valence-electron chi connectivity index (χ2n) is 6.85. The van der Waals surface area contributed by atoms with Crippen LogP contribution in [0.4, 0.5) is 0 Å². The van der Waals surface area contributed by atoms with Gasteiger partial charge >= 0.3 is 0 Å². The normalized spacial score (nSPS) is 14.8. The highest BCUT2D eigenvalue weighted by atomic mass is 35.5. The van der Waals surface area contributed by atoms with Gasteiger partial charge < -0.3 is 19.5 Å². The number of nitrogens with one attached hydrogen (secondary N) is 1. The number of ether oxygens (including phenoxy) is 3. The van der Waals surface area contributed by atoms with Gasteiger partial charge in [-0.1, -0.05) is 41.9 Å². The van der Waals surface area contributed by atoms with Gasteiger partial charge in [0.15, 0.2) is 11.5 Å². The van der Waals surface area contributed by atoms with Crippen LogP contribution in [0.15, 0.2) is 42.5 Å². The molecule has 1 saturated heterocycles. The van der Waals surface area contributed by atoms with E-state index in [1.165, 1.54) is 0 Å². The molecule has 1 fully saturated rings. The van der Waals surface area contributed by atoms with Gasteiger partial charge in [0.1, 0.15) is 6.61 Å². The van der Waals surface area contributed by atoms with Crippen LogP contribution in [-0.2, 0) is 17.9 Å². The molecule has 1 aliphatic rings. The Bertz CT molecular complexity index is 721. The third-order valence-corrected chi connectivity index (χ3v) is 5.01. The average molecular weight is 405 g/mol. The van der Waals surface area contributed by atoms with Crippen molar-refractivity contribution in [2.45, 2.75) is 19.6 Å². The first kappa shape index (κ1) is 20.9. The molecular formula is C22H29ClN2O3. The molecule has 5 nitrogen and oxygen atoms in total. The van der Waals surface area contributed by atoms with Crippen LogP contribution in [0.3, 0.4) is 0 Å². The molecule has 1 N–H and O–H groups in total. The minimum atomic E-state index is 0.489. The van der Waals surface area contributed by atoms with E-state index in [0.717, 1.165) is 62.7 Å². The lowest BCUT2D eigenvalue weighted by Gasteiger charge is -2.26. The van der Waals surface area contributed by atoms with Crippen LogP contribution in [0, 0.1) is 0 Å². The number of methoxy groups -OCH3 is 1. The summed E-state index contributed by atoms with van der Waals surface area (Å²) in [6, 6.07) is 13.9. The fourth-order valence-electron chi connectivity index (χ4n) is 3.27. The molecular weight excluding hydrogens is 376 g/mol. The van der Waals surface area contributed by atoms with E-state index < -0.39 is 0 Å². The van der Waals surface area contributed by atoms with Crippen molar-refractivity contribution in [2.75, 3.05) is 46.5 Å². The summed E-state index contributed by atoms with van der Waals surface area (Å²) < 4.78 is 17.0. The van der Waals surface area contributed by atoms with Crippen molar-refractivity contribution < 1.29 is 14.2 Å². The van der Waals surface area contributed by atoms with E-state index in [4.69, 9.17) is 25.8 Å². The minimum absolute atomic E-state index is 0.489. The second kappa shape index (κ2) is 11.3. The first-order valence-corrected chi connectivity index (χ1v) is 10.2. The summed E-state index contributed by atoms with van der Waals surface area (Å²) in [4.78, 5) is 2.45. The summed E-state index contributed by atoms with van der Waals surface area (Å²) in [5, 5.41) is 4.15. The predicted octanol–water partition coefficient (Wildman–Crippen LogP) is 3.74. The average Bonchev–Trinajstić information content (AvgIpc) is 2.73. The van der Waals surface area contributed by atoms with E-state index in [2.05, 4.69) is 10.2 Å². The number of nitrogens with zero attached hydrogens (tertiary/aromatic N) is 1. The Kier molecular flexibility index (Phi) is 8.42. The molecule has 0 unspecified atom stereocenters. The SMILES string of the molecule is COc1cc(Cl)cc(CNCCCN2CCOCC2)c1OCc1ccccc1. The van der Waals surface area contributed by atoms with Crippen LogP contribution >= 0.6 is 11.6 Å². The monoisotopic (exact) mass is 404 g/mol. The van der Waals surface area contributed by atoms with Crippen LogP contribution in [0.2, 0.25) is 5.02 Å². The first-order chi connectivity index (χ1) is 13.8. The molecule has 0 spiro atoms. The topological polar surface area (TPSA) is 43.0 Å². The van der Waals surface area contributed by atoms with Crippen molar-refractivity contribution in [3.63, 3.8) is 0 Å². The number of hydrogen-bond acceptors (Lipinski definition) is 5. The smallest absolute Gasteiger partial charge is 0.166 e. The van der Waals surface area contributed by atoms with Crippen molar-refractivity contribution >= 4 is 11.6 Å². The van der Waals surface area contributed by atoms with E-state index in [1.54, 1.807) is 13.2 Å². The quantitative estimate of drug-likeness (QED) is 0.611. The summed E-state index contributed by atoms with van der Waals surface area (Å²) >= 11 is 6.28. The Morgan fingerprint density at radius 2 is 1.93 bits per heavy atom. The van der Waals surface area contributed by atoms with Crippen molar-refractivity contribution in [2.24, 2.45) is 0 Å². The number of morpholine rings is 1. The lowest BCUT2D eigenvalue weighted by Crippen LogP contribution is -2.37. The minimum Gasteiger partial charge on any atom is -0.493 e. The molecule has 1 aliphatic heterocycles. The van der Waals surface area contributed by atoms with Gasteiger partial charge in [0, 0.05) is 36.3 Å². The Morgan fingerprint density at radius 3 is 2.68 bits per heavy atom. The zero-order valence-electron chi connectivity index (χ0n) is 16.5. The van der Waals surface area contributed by atoms with Crippen molar-refractivity contribution in [1.29, 1.82) is 0 Å². The predicted molar refractivity (Wildman–Crippen MR) is 112 cm³/mol. The Balaban J connectivity index is 1.55. The van der Waals surface area contributed by atoms with Crippen LogP contribution in [0.25, 0.3) is 0 Å². The summed E-state index contributed by atoms with van der Waals surface area (Å²) in [5.41, 5.74) is 2.12. The number of benzene rings is 2. The highest BCUT2D eigenvalue weighted by Crippen LogP contribution is 2.35. The van der Waals surface area contributed by atoms with Gasteiger partial charge in [-0.25, -0.2) is 0 Å². The Morgan fingerprint density at radius 1 is 1.14 bits per heavy atom. The van der Waals surface area contributed by atoms with Crippen LogP contribution in [-0.4, -0.2) is 51.4 Å². The zero-order valence-corrected chi connectivity index (χ0v) is 17.2. The van der Waals surface area contributed by atoms with Gasteiger partial charge in [-0.3, -0.25) is 4.90 Å². The van der Waals surface area contributed by atoms with Gasteiger partial charge in [-0.2, -0.15) is 0 Å². The van der Waals surface area contributed by atoms with Gasteiger partial charge in [0.2, 0.25) is 0 Å². The molecule has 28 heavy (non-hydrogen) atoms. The molecule has 2 aromatic carbocycles. The van der Waals surface area contributed by atoms with Crippen molar-refractivity contribution in [3.05, 3.63) is 58.6 Å². The van der Waals surface area contributed by atoms with Crippen LogP contribution < -0.4 is 14.8 Å². The molecule has 0 aromatic heterocycles. The molecule has 2 aromatic rings. The zero-order chi connectivity index (χ0) is 19.6.